The van der Waals surface area contributed by atoms with Crippen molar-refractivity contribution in [1.29, 1.82) is 0 Å². The molecule has 1 aliphatic carbocycles. The van der Waals surface area contributed by atoms with Gasteiger partial charge in [-0.1, -0.05) is 19.9 Å². The summed E-state index contributed by atoms with van der Waals surface area (Å²) in [5, 5.41) is 9.88. The Hall–Kier alpha value is -2.91. The number of hydrogen-bond acceptors (Lipinski definition) is 2. The third-order valence-electron chi connectivity index (χ3n) is 6.64. The predicted molar refractivity (Wildman–Crippen MR) is 130 cm³/mol. The fourth-order valence-electron chi connectivity index (χ4n) is 4.67. The highest BCUT2D eigenvalue weighted by atomic mass is 19.4. The third-order valence-corrected chi connectivity index (χ3v) is 6.64. The maximum atomic E-state index is 13.3. The minimum absolute atomic E-state index is 0.0427. The van der Waals surface area contributed by atoms with Crippen LogP contribution >= 0.6 is 0 Å². The van der Waals surface area contributed by atoms with Crippen LogP contribution in [0, 0.1) is 5.92 Å². The van der Waals surface area contributed by atoms with E-state index >= 15 is 0 Å². The Morgan fingerprint density at radius 1 is 0.919 bits per heavy atom. The van der Waals surface area contributed by atoms with Crippen LogP contribution in [0.1, 0.15) is 67.0 Å². The molecule has 0 saturated carbocycles. The number of rotatable bonds is 9. The van der Waals surface area contributed by atoms with Gasteiger partial charge in [-0.3, -0.25) is 4.90 Å². The van der Waals surface area contributed by atoms with Gasteiger partial charge < -0.3 is 10.0 Å². The molecule has 0 unspecified atom stereocenters. The van der Waals surface area contributed by atoms with Gasteiger partial charge in [0.2, 0.25) is 0 Å². The highest BCUT2D eigenvalue weighted by molar-refractivity contribution is 5.67. The van der Waals surface area contributed by atoms with Gasteiger partial charge in [-0.2, -0.15) is 26.3 Å². The summed E-state index contributed by atoms with van der Waals surface area (Å²) >= 11 is 0. The number of aryl methyl sites for hydroxylation is 2. The summed E-state index contributed by atoms with van der Waals surface area (Å²) in [5.41, 5.74) is 0.531. The first-order chi connectivity index (χ1) is 17.2. The van der Waals surface area contributed by atoms with Crippen molar-refractivity contribution < 1.29 is 36.2 Å². The van der Waals surface area contributed by atoms with Crippen LogP contribution in [0.2, 0.25) is 0 Å². The van der Waals surface area contributed by atoms with E-state index in [9.17, 15) is 36.2 Å². The molecule has 37 heavy (non-hydrogen) atoms. The molecule has 0 spiro atoms. The number of anilines is 1. The Kier molecular flexibility index (Phi) is 8.70. The number of hydrogen-bond donors (Lipinski definition) is 1. The summed E-state index contributed by atoms with van der Waals surface area (Å²) in [5.74, 6) is 0.450. The van der Waals surface area contributed by atoms with Crippen LogP contribution < -0.4 is 4.90 Å². The van der Waals surface area contributed by atoms with E-state index in [1.807, 2.05) is 13.0 Å². The Balaban J connectivity index is 1.99. The van der Waals surface area contributed by atoms with E-state index in [1.165, 1.54) is 5.56 Å². The van der Waals surface area contributed by atoms with Crippen molar-refractivity contribution in [1.82, 2.24) is 4.90 Å². The molecule has 10 heteroatoms. The number of carbonyl (C=O) groups is 1. The number of benzene rings is 2. The van der Waals surface area contributed by atoms with Gasteiger partial charge in [-0.25, -0.2) is 4.79 Å². The lowest BCUT2D eigenvalue weighted by Crippen LogP contribution is -2.31. The first kappa shape index (κ1) is 28.7. The van der Waals surface area contributed by atoms with Gasteiger partial charge in [-0.05, 0) is 85.0 Å². The summed E-state index contributed by atoms with van der Waals surface area (Å²) in [7, 11) is 0. The molecule has 4 nitrogen and oxygen atoms in total. The molecule has 0 fully saturated rings. The topological polar surface area (TPSA) is 43.8 Å². The molecule has 0 saturated heterocycles. The van der Waals surface area contributed by atoms with Crippen LogP contribution in [-0.4, -0.2) is 29.2 Å². The van der Waals surface area contributed by atoms with Crippen molar-refractivity contribution in [2.24, 2.45) is 5.92 Å². The molecule has 2 aromatic rings. The average molecular weight is 531 g/mol. The number of nitrogens with zero attached hydrogens (tertiary/aromatic N) is 2. The molecular formula is C27H32F6N2O2. The fraction of sp³-hybridized carbons (Fsp3) is 0.519. The Bertz CT molecular complexity index is 1080. The summed E-state index contributed by atoms with van der Waals surface area (Å²) in [6, 6.07) is 5.21. The van der Waals surface area contributed by atoms with Crippen LogP contribution in [0.4, 0.5) is 36.8 Å². The van der Waals surface area contributed by atoms with Gasteiger partial charge in [0.15, 0.2) is 0 Å². The fourth-order valence-corrected chi connectivity index (χ4v) is 4.67. The zero-order valence-electron chi connectivity index (χ0n) is 21.1. The average Bonchev–Trinajstić information content (AvgIpc) is 3.24. The molecule has 0 aromatic heterocycles. The number of alkyl halides is 6. The Labute approximate surface area is 212 Å². The van der Waals surface area contributed by atoms with E-state index < -0.39 is 36.1 Å². The van der Waals surface area contributed by atoms with E-state index in [2.05, 4.69) is 24.8 Å². The van der Waals surface area contributed by atoms with E-state index in [4.69, 9.17) is 0 Å². The van der Waals surface area contributed by atoms with E-state index in [1.54, 1.807) is 0 Å². The number of carboxylic acid groups (broad SMARTS) is 1. The predicted octanol–water partition coefficient (Wildman–Crippen LogP) is 7.77. The number of halogens is 6. The third kappa shape index (κ3) is 7.32. The molecular weight excluding hydrogens is 498 g/mol. The van der Waals surface area contributed by atoms with Crippen molar-refractivity contribution in [2.75, 3.05) is 18.0 Å². The van der Waals surface area contributed by atoms with Crippen molar-refractivity contribution >= 4 is 11.8 Å². The summed E-state index contributed by atoms with van der Waals surface area (Å²) in [6.45, 7) is 6.85. The number of amides is 1. The van der Waals surface area contributed by atoms with Crippen molar-refractivity contribution in [2.45, 2.75) is 71.9 Å². The molecule has 3 rings (SSSR count). The molecule has 204 valence electrons. The van der Waals surface area contributed by atoms with Gasteiger partial charge in [0.25, 0.3) is 0 Å². The largest absolute Gasteiger partial charge is 0.465 e. The minimum Gasteiger partial charge on any atom is -0.465 e. The van der Waals surface area contributed by atoms with Crippen molar-refractivity contribution in [3.63, 3.8) is 0 Å². The second kappa shape index (κ2) is 11.2. The van der Waals surface area contributed by atoms with Crippen LogP contribution in [0.15, 0.2) is 30.3 Å². The summed E-state index contributed by atoms with van der Waals surface area (Å²) < 4.78 is 79.9. The summed E-state index contributed by atoms with van der Waals surface area (Å²) in [4.78, 5) is 15.2. The van der Waals surface area contributed by atoms with Gasteiger partial charge >= 0.3 is 18.4 Å². The summed E-state index contributed by atoms with van der Waals surface area (Å²) in [6.07, 6.45) is -7.79. The second-order valence-corrected chi connectivity index (χ2v) is 9.92. The van der Waals surface area contributed by atoms with Gasteiger partial charge in [0.1, 0.15) is 0 Å². The van der Waals surface area contributed by atoms with Crippen LogP contribution in [0.3, 0.4) is 0 Å². The molecule has 1 aliphatic rings. The standard InChI is InChI=1S/C27H32F6N2O2/c1-4-34(9-8-17(2)3)24-13-20-7-5-6-19(20)12-21(24)16-35(25(36)37)15-18-10-22(26(28,29)30)14-23(11-18)27(31,32)33/h10-14,17H,4-9,15-16H2,1-3H3,(H,36,37). The lowest BCUT2D eigenvalue weighted by atomic mass is 10.0. The van der Waals surface area contributed by atoms with Crippen LogP contribution in [0.25, 0.3) is 0 Å². The van der Waals surface area contributed by atoms with Crippen molar-refractivity contribution in [3.05, 3.63) is 63.7 Å². The first-order valence-electron chi connectivity index (χ1n) is 12.3. The normalized spacial score (nSPS) is 13.7. The maximum Gasteiger partial charge on any atom is 0.416 e. The van der Waals surface area contributed by atoms with E-state index in [0.717, 1.165) is 48.4 Å². The zero-order chi connectivity index (χ0) is 27.5. The van der Waals surface area contributed by atoms with Gasteiger partial charge in [-0.15, -0.1) is 0 Å². The molecule has 0 heterocycles. The van der Waals surface area contributed by atoms with Gasteiger partial charge in [0.05, 0.1) is 17.7 Å². The molecule has 2 aromatic carbocycles. The Morgan fingerprint density at radius 3 is 1.97 bits per heavy atom. The Morgan fingerprint density at radius 2 is 1.49 bits per heavy atom. The number of fused-ring (bicyclic) bond motifs is 1. The second-order valence-electron chi connectivity index (χ2n) is 9.92. The zero-order valence-corrected chi connectivity index (χ0v) is 21.1. The minimum atomic E-state index is -5.00. The molecule has 0 bridgehead atoms. The van der Waals surface area contributed by atoms with E-state index in [-0.39, 0.29) is 18.2 Å². The monoisotopic (exact) mass is 530 g/mol. The first-order valence-corrected chi connectivity index (χ1v) is 12.3. The molecule has 1 amide bonds. The lowest BCUT2D eigenvalue weighted by molar-refractivity contribution is -0.143. The molecule has 1 N–H and O–H groups in total. The van der Waals surface area contributed by atoms with Crippen molar-refractivity contribution in [3.8, 4) is 0 Å². The quantitative estimate of drug-likeness (QED) is 0.337. The van der Waals surface area contributed by atoms with Gasteiger partial charge in [0, 0.05) is 25.3 Å². The lowest BCUT2D eigenvalue weighted by Gasteiger charge is -2.29. The smallest absolute Gasteiger partial charge is 0.416 e. The molecule has 0 radical (unpaired) electrons. The maximum absolute atomic E-state index is 13.3. The van der Waals surface area contributed by atoms with E-state index in [0.29, 0.717) is 30.2 Å². The highest BCUT2D eigenvalue weighted by Gasteiger charge is 2.37. The van der Waals surface area contributed by atoms with Crippen LogP contribution in [-0.2, 0) is 38.3 Å². The molecule has 0 atom stereocenters. The molecule has 0 aliphatic heterocycles. The van der Waals surface area contributed by atoms with Crippen LogP contribution in [0.5, 0.6) is 0 Å². The highest BCUT2D eigenvalue weighted by Crippen LogP contribution is 2.37. The SMILES string of the molecule is CCN(CCC(C)C)c1cc2c(cc1CN(Cc1cc(C(F)(F)F)cc(C(F)(F)F)c1)C(=O)O)CCC2.